The minimum absolute atomic E-state index is 0.142. The molecule has 0 aliphatic carbocycles. The molecule has 1 fully saturated rings. The molecule has 2 amide bonds. The van der Waals surface area contributed by atoms with Crippen LogP contribution in [0.1, 0.15) is 19.3 Å². The first-order valence-electron chi connectivity index (χ1n) is 8.24. The van der Waals surface area contributed by atoms with Gasteiger partial charge >= 0.3 is 0 Å². The third-order valence-electron chi connectivity index (χ3n) is 4.20. The second-order valence-electron chi connectivity index (χ2n) is 6.03. The third kappa shape index (κ3) is 4.01. The van der Waals surface area contributed by atoms with Gasteiger partial charge in [-0.3, -0.25) is 19.0 Å². The molecule has 1 saturated heterocycles. The van der Waals surface area contributed by atoms with E-state index in [9.17, 15) is 18.8 Å². The minimum atomic E-state index is -0.523. The minimum Gasteiger partial charge on any atom is -0.354 e. The van der Waals surface area contributed by atoms with Gasteiger partial charge in [0.1, 0.15) is 12.4 Å². The van der Waals surface area contributed by atoms with Crippen LogP contribution >= 0.6 is 0 Å². The van der Waals surface area contributed by atoms with Crippen LogP contribution in [0.5, 0.6) is 0 Å². The molecule has 3 rings (SSSR count). The number of aromatic nitrogens is 2. The van der Waals surface area contributed by atoms with E-state index in [0.717, 1.165) is 23.6 Å². The van der Waals surface area contributed by atoms with Crippen molar-refractivity contribution in [3.05, 3.63) is 40.7 Å². The number of fused-ring (bicyclic) bond motifs is 1. The van der Waals surface area contributed by atoms with Crippen molar-refractivity contribution in [2.45, 2.75) is 25.8 Å². The highest BCUT2D eigenvalue weighted by Crippen LogP contribution is 2.09. The van der Waals surface area contributed by atoms with Crippen LogP contribution in [-0.2, 0) is 16.1 Å². The molecule has 0 bridgehead atoms. The highest BCUT2D eigenvalue weighted by atomic mass is 19.1. The summed E-state index contributed by atoms with van der Waals surface area (Å²) in [6.07, 6.45) is 3.44. The van der Waals surface area contributed by atoms with E-state index in [1.807, 2.05) is 0 Å². The van der Waals surface area contributed by atoms with Gasteiger partial charge in [0.25, 0.3) is 5.56 Å². The first kappa shape index (κ1) is 17.1. The van der Waals surface area contributed by atoms with E-state index < -0.39 is 11.4 Å². The van der Waals surface area contributed by atoms with Gasteiger partial charge in [-0.25, -0.2) is 9.37 Å². The summed E-state index contributed by atoms with van der Waals surface area (Å²) in [6, 6.07) is 3.78. The van der Waals surface area contributed by atoms with E-state index in [1.54, 1.807) is 4.90 Å². The summed E-state index contributed by atoms with van der Waals surface area (Å²) in [5, 5.41) is 2.86. The van der Waals surface area contributed by atoms with E-state index in [4.69, 9.17) is 0 Å². The summed E-state index contributed by atoms with van der Waals surface area (Å²) in [6.45, 7) is 1.64. The molecule has 1 aromatic heterocycles. The van der Waals surface area contributed by atoms with Crippen LogP contribution in [0.4, 0.5) is 4.39 Å². The third-order valence-corrected chi connectivity index (χ3v) is 4.20. The van der Waals surface area contributed by atoms with Crippen molar-refractivity contribution in [2.24, 2.45) is 0 Å². The molecule has 1 aliphatic rings. The largest absolute Gasteiger partial charge is 0.354 e. The fraction of sp³-hybridized carbons (Fsp3) is 0.412. The van der Waals surface area contributed by atoms with Gasteiger partial charge < -0.3 is 10.2 Å². The van der Waals surface area contributed by atoms with Crippen molar-refractivity contribution in [2.75, 3.05) is 19.6 Å². The lowest BCUT2D eigenvalue weighted by molar-refractivity contribution is -0.127. The second kappa shape index (κ2) is 7.42. The summed E-state index contributed by atoms with van der Waals surface area (Å²) in [4.78, 5) is 41.6. The van der Waals surface area contributed by atoms with Crippen LogP contribution in [0.3, 0.4) is 0 Å². The number of nitrogens with one attached hydrogen (secondary N) is 1. The predicted molar refractivity (Wildman–Crippen MR) is 89.4 cm³/mol. The Hall–Kier alpha value is -2.77. The van der Waals surface area contributed by atoms with E-state index >= 15 is 0 Å². The Morgan fingerprint density at radius 2 is 2.16 bits per heavy atom. The van der Waals surface area contributed by atoms with E-state index in [2.05, 4.69) is 10.3 Å². The van der Waals surface area contributed by atoms with E-state index in [-0.39, 0.29) is 23.7 Å². The van der Waals surface area contributed by atoms with Gasteiger partial charge in [-0.2, -0.15) is 0 Å². The maximum atomic E-state index is 13.3. The lowest BCUT2D eigenvalue weighted by Crippen LogP contribution is -2.34. The zero-order chi connectivity index (χ0) is 17.8. The van der Waals surface area contributed by atoms with Gasteiger partial charge in [-0.15, -0.1) is 0 Å². The molecule has 0 atom stereocenters. The molecule has 1 N–H and O–H groups in total. The van der Waals surface area contributed by atoms with Crippen molar-refractivity contribution in [1.82, 2.24) is 19.8 Å². The SMILES string of the molecule is O=C(Cn1cnc2ccc(F)cc2c1=O)NCCCN1CCCC1=O. The Balaban J connectivity index is 1.54. The summed E-state index contributed by atoms with van der Waals surface area (Å²) < 4.78 is 14.4. The zero-order valence-corrected chi connectivity index (χ0v) is 13.7. The maximum Gasteiger partial charge on any atom is 0.261 e. The Morgan fingerprint density at radius 1 is 1.32 bits per heavy atom. The Labute approximate surface area is 143 Å². The van der Waals surface area contributed by atoms with Crippen molar-refractivity contribution in [3.8, 4) is 0 Å². The van der Waals surface area contributed by atoms with Gasteiger partial charge in [0.05, 0.1) is 17.2 Å². The van der Waals surface area contributed by atoms with Gasteiger partial charge in [0.2, 0.25) is 11.8 Å². The molecule has 1 aromatic carbocycles. The van der Waals surface area contributed by atoms with Gasteiger partial charge in [-0.1, -0.05) is 0 Å². The highest BCUT2D eigenvalue weighted by Gasteiger charge is 2.19. The standard InChI is InChI=1S/C17H19FN4O3/c18-12-4-5-14-13(9-12)17(25)22(11-20-14)10-15(23)19-6-2-8-21-7-1-3-16(21)24/h4-5,9,11H,1-3,6-8,10H2,(H,19,23). The lowest BCUT2D eigenvalue weighted by atomic mass is 10.2. The number of carbonyl (C=O) groups is 2. The molecular weight excluding hydrogens is 327 g/mol. The normalized spacial score (nSPS) is 14.3. The molecule has 0 saturated carbocycles. The average Bonchev–Trinajstić information content (AvgIpc) is 3.00. The first-order valence-corrected chi connectivity index (χ1v) is 8.24. The number of nitrogens with zero attached hydrogens (tertiary/aromatic N) is 3. The molecule has 0 unspecified atom stereocenters. The van der Waals surface area contributed by atoms with Gasteiger partial charge in [0, 0.05) is 26.1 Å². The van der Waals surface area contributed by atoms with Crippen LogP contribution in [-0.4, -0.2) is 45.9 Å². The second-order valence-corrected chi connectivity index (χ2v) is 6.03. The molecular formula is C17H19FN4O3. The molecule has 8 heteroatoms. The number of hydrogen-bond donors (Lipinski definition) is 1. The lowest BCUT2D eigenvalue weighted by Gasteiger charge is -2.15. The maximum absolute atomic E-state index is 13.3. The zero-order valence-electron chi connectivity index (χ0n) is 13.7. The van der Waals surface area contributed by atoms with Crippen LogP contribution in [0, 0.1) is 5.82 Å². The molecule has 0 spiro atoms. The van der Waals surface area contributed by atoms with Crippen LogP contribution in [0.15, 0.2) is 29.3 Å². The van der Waals surface area contributed by atoms with Gasteiger partial charge in [0.15, 0.2) is 0 Å². The molecule has 2 aromatic rings. The smallest absolute Gasteiger partial charge is 0.261 e. The number of halogens is 1. The summed E-state index contributed by atoms with van der Waals surface area (Å²) >= 11 is 0. The van der Waals surface area contributed by atoms with Crippen molar-refractivity contribution < 1.29 is 14.0 Å². The van der Waals surface area contributed by atoms with Crippen LogP contribution < -0.4 is 10.9 Å². The molecule has 132 valence electrons. The van der Waals surface area contributed by atoms with Gasteiger partial charge in [-0.05, 0) is 31.0 Å². The summed E-state index contributed by atoms with van der Waals surface area (Å²) in [7, 11) is 0. The molecule has 1 aliphatic heterocycles. The van der Waals surface area contributed by atoms with Crippen molar-refractivity contribution >= 4 is 22.7 Å². The van der Waals surface area contributed by atoms with Crippen molar-refractivity contribution in [3.63, 3.8) is 0 Å². The Bertz CT molecular complexity index is 865. The number of rotatable bonds is 6. The molecule has 2 heterocycles. The van der Waals surface area contributed by atoms with E-state index in [0.29, 0.717) is 31.4 Å². The van der Waals surface area contributed by atoms with Crippen LogP contribution in [0.2, 0.25) is 0 Å². The molecule has 0 radical (unpaired) electrons. The molecule has 7 nitrogen and oxygen atoms in total. The average molecular weight is 346 g/mol. The quantitative estimate of drug-likeness (QED) is 0.779. The first-order chi connectivity index (χ1) is 12.0. The fourth-order valence-corrected chi connectivity index (χ4v) is 2.89. The number of likely N-dealkylation sites (tertiary alicyclic amines) is 1. The Kier molecular flexibility index (Phi) is 5.06. The topological polar surface area (TPSA) is 84.3 Å². The fourth-order valence-electron chi connectivity index (χ4n) is 2.89. The predicted octanol–water partition coefficient (Wildman–Crippen LogP) is 0.664. The monoisotopic (exact) mass is 346 g/mol. The Morgan fingerprint density at radius 3 is 2.92 bits per heavy atom. The van der Waals surface area contributed by atoms with Crippen LogP contribution in [0.25, 0.3) is 10.9 Å². The summed E-state index contributed by atoms with van der Waals surface area (Å²) in [5.74, 6) is -0.690. The van der Waals surface area contributed by atoms with Crippen molar-refractivity contribution in [1.29, 1.82) is 0 Å². The number of benzene rings is 1. The number of hydrogen-bond acceptors (Lipinski definition) is 4. The molecule has 25 heavy (non-hydrogen) atoms. The summed E-state index contributed by atoms with van der Waals surface area (Å²) in [5.41, 5.74) is -0.0688. The van der Waals surface area contributed by atoms with E-state index in [1.165, 1.54) is 18.5 Å². The number of carbonyl (C=O) groups excluding carboxylic acids is 2. The number of amides is 2. The highest BCUT2D eigenvalue weighted by molar-refractivity contribution is 5.79.